The number of halogens is 2. The molecule has 3 amide bonds. The predicted octanol–water partition coefficient (Wildman–Crippen LogP) is 2.42. The molecule has 1 aromatic heterocycles. The number of alkyl halides is 2. The van der Waals surface area contributed by atoms with Gasteiger partial charge in [-0.3, -0.25) is 19.5 Å². The van der Waals surface area contributed by atoms with Crippen LogP contribution in [0.3, 0.4) is 0 Å². The number of piperazine rings is 1. The Morgan fingerprint density at radius 3 is 2.31 bits per heavy atom. The maximum atomic E-state index is 13.5. The molecular weight excluding hydrogens is 460 g/mol. The number of nitrogens with zero attached hydrogens (tertiary/aromatic N) is 4. The number of likely N-dealkylation sites (N-methyl/N-ethyl adjacent to an activating group) is 1. The number of anilines is 1. The van der Waals surface area contributed by atoms with Gasteiger partial charge in [-0.1, -0.05) is 6.92 Å². The standard InChI is InChI=1S/C24H29F2N5O4/c1-3-29-10-12-30(13-11-29)24(34)31(19-6-8-20(35-2)9-7-19)16-18-5-4-17(14-27-18)21(32)15-28-23(33)22(25)26/h4-9,14,22H,3,10-13,15-16H2,1-2H3,(H,28,33). The van der Waals surface area contributed by atoms with Crippen LogP contribution < -0.4 is 15.0 Å². The van der Waals surface area contributed by atoms with E-state index in [1.807, 2.05) is 5.32 Å². The van der Waals surface area contributed by atoms with Crippen LogP contribution in [0.1, 0.15) is 23.0 Å². The molecule has 0 unspecified atom stereocenters. The van der Waals surface area contributed by atoms with E-state index < -0.39 is 24.7 Å². The topological polar surface area (TPSA) is 95.1 Å². The molecule has 35 heavy (non-hydrogen) atoms. The lowest BCUT2D eigenvalue weighted by molar-refractivity contribution is -0.131. The number of aromatic nitrogens is 1. The first-order valence-corrected chi connectivity index (χ1v) is 11.3. The number of carbonyl (C=O) groups excluding carboxylic acids is 3. The van der Waals surface area contributed by atoms with Gasteiger partial charge in [0.2, 0.25) is 0 Å². The van der Waals surface area contributed by atoms with Crippen LogP contribution in [0.2, 0.25) is 0 Å². The monoisotopic (exact) mass is 489 g/mol. The number of amides is 3. The first kappa shape index (κ1) is 26.0. The number of ketones is 1. The van der Waals surface area contributed by atoms with Crippen molar-refractivity contribution in [3.8, 4) is 5.75 Å². The van der Waals surface area contributed by atoms with Gasteiger partial charge in [0.05, 0.1) is 25.9 Å². The van der Waals surface area contributed by atoms with Gasteiger partial charge in [0.25, 0.3) is 5.91 Å². The third kappa shape index (κ3) is 6.95. The molecule has 1 fully saturated rings. The van der Waals surface area contributed by atoms with Crippen molar-refractivity contribution in [1.29, 1.82) is 0 Å². The quantitative estimate of drug-likeness (QED) is 0.544. The van der Waals surface area contributed by atoms with E-state index in [2.05, 4.69) is 16.8 Å². The lowest BCUT2D eigenvalue weighted by Gasteiger charge is -2.37. The molecule has 1 aliphatic heterocycles. The molecule has 1 saturated heterocycles. The van der Waals surface area contributed by atoms with Gasteiger partial charge in [-0.05, 0) is 42.9 Å². The minimum absolute atomic E-state index is 0.150. The number of ether oxygens (including phenoxy) is 1. The van der Waals surface area contributed by atoms with Crippen LogP contribution in [0.5, 0.6) is 5.75 Å². The van der Waals surface area contributed by atoms with Gasteiger partial charge in [0, 0.05) is 43.6 Å². The van der Waals surface area contributed by atoms with Crippen molar-refractivity contribution in [3.63, 3.8) is 0 Å². The molecular formula is C24H29F2N5O4. The summed E-state index contributed by atoms with van der Waals surface area (Å²) in [5.41, 5.74) is 1.38. The Morgan fingerprint density at radius 2 is 1.77 bits per heavy atom. The van der Waals surface area contributed by atoms with Gasteiger partial charge < -0.3 is 19.9 Å². The molecule has 3 rings (SSSR count). The average molecular weight is 490 g/mol. The van der Waals surface area contributed by atoms with Gasteiger partial charge in [0.15, 0.2) is 5.78 Å². The number of urea groups is 1. The molecule has 2 heterocycles. The second kappa shape index (κ2) is 12.2. The van der Waals surface area contributed by atoms with Crippen molar-refractivity contribution in [2.24, 2.45) is 0 Å². The minimum Gasteiger partial charge on any atom is -0.497 e. The van der Waals surface area contributed by atoms with Crippen LogP contribution in [0.15, 0.2) is 42.6 Å². The van der Waals surface area contributed by atoms with E-state index in [1.165, 1.54) is 12.3 Å². The Balaban J connectivity index is 1.73. The van der Waals surface area contributed by atoms with E-state index in [9.17, 15) is 23.2 Å². The summed E-state index contributed by atoms with van der Waals surface area (Å²) in [6.45, 7) is 5.47. The Kier molecular flexibility index (Phi) is 9.07. The van der Waals surface area contributed by atoms with Crippen LogP contribution in [0.4, 0.5) is 19.3 Å². The fourth-order valence-electron chi connectivity index (χ4n) is 3.65. The zero-order valence-electron chi connectivity index (χ0n) is 19.7. The Hall–Kier alpha value is -3.60. The lowest BCUT2D eigenvalue weighted by Crippen LogP contribution is -2.52. The first-order chi connectivity index (χ1) is 16.8. The number of hydrogen-bond donors (Lipinski definition) is 1. The van der Waals surface area contributed by atoms with Gasteiger partial charge in [-0.2, -0.15) is 8.78 Å². The van der Waals surface area contributed by atoms with Gasteiger partial charge >= 0.3 is 12.5 Å². The molecule has 1 N–H and O–H groups in total. The predicted molar refractivity (Wildman–Crippen MR) is 126 cm³/mol. The van der Waals surface area contributed by atoms with Crippen molar-refractivity contribution in [1.82, 2.24) is 20.1 Å². The molecule has 0 aliphatic carbocycles. The van der Waals surface area contributed by atoms with Crippen LogP contribution in [-0.2, 0) is 11.3 Å². The summed E-state index contributed by atoms with van der Waals surface area (Å²) in [7, 11) is 1.57. The highest BCUT2D eigenvalue weighted by molar-refractivity contribution is 5.99. The summed E-state index contributed by atoms with van der Waals surface area (Å²) < 4.78 is 29.8. The molecule has 11 heteroatoms. The van der Waals surface area contributed by atoms with Crippen LogP contribution >= 0.6 is 0 Å². The third-order valence-corrected chi connectivity index (χ3v) is 5.79. The smallest absolute Gasteiger partial charge is 0.324 e. The summed E-state index contributed by atoms with van der Waals surface area (Å²) in [6.07, 6.45) is -1.88. The minimum atomic E-state index is -3.19. The summed E-state index contributed by atoms with van der Waals surface area (Å²) >= 11 is 0. The summed E-state index contributed by atoms with van der Waals surface area (Å²) in [4.78, 5) is 46.6. The van der Waals surface area contributed by atoms with Crippen LogP contribution in [0, 0.1) is 0 Å². The number of carbonyl (C=O) groups is 3. The van der Waals surface area contributed by atoms with E-state index in [0.717, 1.165) is 19.6 Å². The van der Waals surface area contributed by atoms with Gasteiger partial charge in [-0.25, -0.2) is 4.79 Å². The molecule has 0 atom stereocenters. The SMILES string of the molecule is CCN1CCN(C(=O)N(Cc2ccc(C(=O)CNC(=O)C(F)F)cn2)c2ccc(OC)cc2)CC1. The second-order valence-corrected chi connectivity index (χ2v) is 7.97. The highest BCUT2D eigenvalue weighted by Gasteiger charge is 2.26. The number of benzene rings is 1. The summed E-state index contributed by atoms with van der Waals surface area (Å²) in [6, 6.07) is 10.1. The van der Waals surface area contributed by atoms with Crippen molar-refractivity contribution in [3.05, 3.63) is 53.9 Å². The fourth-order valence-corrected chi connectivity index (χ4v) is 3.65. The maximum absolute atomic E-state index is 13.5. The molecule has 2 aromatic rings. The van der Waals surface area contributed by atoms with Crippen LogP contribution in [-0.4, -0.2) is 85.3 Å². The molecule has 0 saturated carbocycles. The zero-order chi connectivity index (χ0) is 25.4. The highest BCUT2D eigenvalue weighted by Crippen LogP contribution is 2.23. The van der Waals surface area contributed by atoms with E-state index >= 15 is 0 Å². The van der Waals surface area contributed by atoms with Crippen molar-refractivity contribution < 1.29 is 27.9 Å². The van der Waals surface area contributed by atoms with Crippen molar-refractivity contribution >= 4 is 23.4 Å². The number of pyridine rings is 1. The molecule has 1 aromatic carbocycles. The van der Waals surface area contributed by atoms with Crippen molar-refractivity contribution in [2.75, 3.05) is 51.3 Å². The third-order valence-electron chi connectivity index (χ3n) is 5.79. The number of methoxy groups -OCH3 is 1. The Morgan fingerprint density at radius 1 is 1.09 bits per heavy atom. The van der Waals surface area contributed by atoms with E-state index in [4.69, 9.17) is 4.74 Å². The van der Waals surface area contributed by atoms with Gasteiger partial charge in [-0.15, -0.1) is 0 Å². The van der Waals surface area contributed by atoms with Crippen LogP contribution in [0.25, 0.3) is 0 Å². The lowest BCUT2D eigenvalue weighted by atomic mass is 10.1. The molecule has 9 nitrogen and oxygen atoms in total. The van der Waals surface area contributed by atoms with E-state index in [1.54, 1.807) is 47.2 Å². The Labute approximate surface area is 202 Å². The van der Waals surface area contributed by atoms with E-state index in [0.29, 0.717) is 30.2 Å². The molecule has 0 radical (unpaired) electrons. The fraction of sp³-hybridized carbons (Fsp3) is 0.417. The first-order valence-electron chi connectivity index (χ1n) is 11.3. The molecule has 1 aliphatic rings. The van der Waals surface area contributed by atoms with E-state index in [-0.39, 0.29) is 18.1 Å². The number of Topliss-reactive ketones (excluding diaryl/α,β-unsaturated/α-hetero) is 1. The zero-order valence-corrected chi connectivity index (χ0v) is 19.7. The van der Waals surface area contributed by atoms with Crippen molar-refractivity contribution in [2.45, 2.75) is 19.9 Å². The highest BCUT2D eigenvalue weighted by atomic mass is 19.3. The summed E-state index contributed by atoms with van der Waals surface area (Å²) in [5.74, 6) is -1.39. The van der Waals surface area contributed by atoms with Gasteiger partial charge in [0.1, 0.15) is 5.75 Å². The largest absolute Gasteiger partial charge is 0.497 e. The summed E-state index contributed by atoms with van der Waals surface area (Å²) in [5, 5.41) is 1.88. The number of hydrogen-bond acceptors (Lipinski definition) is 6. The number of nitrogens with one attached hydrogen (secondary N) is 1. The molecule has 0 bridgehead atoms. The number of rotatable bonds is 9. The Bertz CT molecular complexity index is 1010. The second-order valence-electron chi connectivity index (χ2n) is 7.97. The average Bonchev–Trinajstić information content (AvgIpc) is 2.90. The molecule has 188 valence electrons. The normalized spacial score (nSPS) is 14.0. The molecule has 0 spiro atoms. The maximum Gasteiger partial charge on any atom is 0.324 e.